The predicted molar refractivity (Wildman–Crippen MR) is 86.5 cm³/mol. The summed E-state index contributed by atoms with van der Waals surface area (Å²) in [6, 6.07) is 5.43. The van der Waals surface area contributed by atoms with Gasteiger partial charge in [0.1, 0.15) is 0 Å². The summed E-state index contributed by atoms with van der Waals surface area (Å²) < 4.78 is 0. The fraction of sp³-hybridized carbons (Fsp3) is 0.500. The van der Waals surface area contributed by atoms with Crippen molar-refractivity contribution in [2.75, 3.05) is 31.1 Å². The molecule has 0 aromatic heterocycles. The second-order valence-electron chi connectivity index (χ2n) is 5.81. The smallest absolute Gasteiger partial charge is 0.240 e. The molecule has 2 amide bonds. The summed E-state index contributed by atoms with van der Waals surface area (Å²) in [5.74, 6) is -0.741. The monoisotopic (exact) mass is 304 g/mol. The number of nitrogens with zero attached hydrogens (tertiary/aromatic N) is 2. The van der Waals surface area contributed by atoms with Crippen LogP contribution in [0.15, 0.2) is 18.2 Å². The number of carbonyl (C=O) groups excluding carboxylic acids is 2. The Morgan fingerprint density at radius 3 is 2.41 bits per heavy atom. The molecule has 1 saturated heterocycles. The number of amides is 2. The minimum atomic E-state index is -0.829. The fourth-order valence-electron chi connectivity index (χ4n) is 2.78. The first-order chi connectivity index (χ1) is 10.4. The van der Waals surface area contributed by atoms with Crippen LogP contribution >= 0.6 is 0 Å². The lowest BCUT2D eigenvalue weighted by Gasteiger charge is -2.37. The van der Waals surface area contributed by atoms with E-state index in [2.05, 4.69) is 36.9 Å². The van der Waals surface area contributed by atoms with Crippen molar-refractivity contribution in [1.29, 1.82) is 0 Å². The molecule has 0 saturated carbocycles. The van der Waals surface area contributed by atoms with Crippen molar-refractivity contribution >= 4 is 17.5 Å². The Hall–Kier alpha value is -2.08. The molecule has 1 heterocycles. The zero-order valence-electron chi connectivity index (χ0n) is 13.2. The van der Waals surface area contributed by atoms with Crippen LogP contribution in [0.3, 0.4) is 0 Å². The van der Waals surface area contributed by atoms with Gasteiger partial charge in [0.15, 0.2) is 0 Å². The molecule has 1 aromatic carbocycles. The molecule has 4 N–H and O–H groups in total. The number of piperazine rings is 1. The Bertz CT molecular complexity index is 565. The number of carbonyl (C=O) groups is 2. The van der Waals surface area contributed by atoms with Gasteiger partial charge in [0.25, 0.3) is 0 Å². The van der Waals surface area contributed by atoms with Gasteiger partial charge in [0, 0.05) is 31.9 Å². The van der Waals surface area contributed by atoms with Gasteiger partial charge in [0.05, 0.1) is 12.5 Å². The Kier molecular flexibility index (Phi) is 5.03. The second-order valence-corrected chi connectivity index (χ2v) is 5.81. The first-order valence-corrected chi connectivity index (χ1v) is 7.54. The number of rotatable bonds is 4. The SMILES string of the molecule is Cc1cccc(N2CCN(C(=O)C(N)CC(N)=O)CC2)c1C. The van der Waals surface area contributed by atoms with Crippen LogP contribution in [-0.2, 0) is 9.59 Å². The second kappa shape index (κ2) is 6.79. The van der Waals surface area contributed by atoms with Crippen molar-refractivity contribution in [2.24, 2.45) is 11.5 Å². The van der Waals surface area contributed by atoms with Crippen molar-refractivity contribution in [3.8, 4) is 0 Å². The highest BCUT2D eigenvalue weighted by Gasteiger charge is 2.26. The maximum Gasteiger partial charge on any atom is 0.240 e. The molecule has 120 valence electrons. The third kappa shape index (κ3) is 3.57. The Morgan fingerprint density at radius 2 is 1.82 bits per heavy atom. The van der Waals surface area contributed by atoms with Crippen LogP contribution in [0.25, 0.3) is 0 Å². The molecule has 2 rings (SSSR count). The Labute approximate surface area is 131 Å². The predicted octanol–water partition coefficient (Wildman–Crippen LogP) is 0.155. The maximum atomic E-state index is 12.2. The highest BCUT2D eigenvalue weighted by Crippen LogP contribution is 2.23. The van der Waals surface area contributed by atoms with Crippen molar-refractivity contribution in [3.63, 3.8) is 0 Å². The lowest BCUT2D eigenvalue weighted by atomic mass is 10.1. The molecule has 1 aliphatic heterocycles. The molecule has 22 heavy (non-hydrogen) atoms. The lowest BCUT2D eigenvalue weighted by Crippen LogP contribution is -2.54. The van der Waals surface area contributed by atoms with E-state index >= 15 is 0 Å². The third-order valence-electron chi connectivity index (χ3n) is 4.25. The summed E-state index contributed by atoms with van der Waals surface area (Å²) in [7, 11) is 0. The van der Waals surface area contributed by atoms with Gasteiger partial charge in [-0.15, -0.1) is 0 Å². The van der Waals surface area contributed by atoms with Crippen LogP contribution in [0.4, 0.5) is 5.69 Å². The number of nitrogens with two attached hydrogens (primary N) is 2. The molecule has 1 atom stereocenters. The van der Waals surface area contributed by atoms with Crippen LogP contribution in [0.2, 0.25) is 0 Å². The third-order valence-corrected chi connectivity index (χ3v) is 4.25. The zero-order chi connectivity index (χ0) is 16.3. The van der Waals surface area contributed by atoms with Crippen molar-refractivity contribution < 1.29 is 9.59 Å². The minimum Gasteiger partial charge on any atom is -0.370 e. The Balaban J connectivity index is 1.97. The van der Waals surface area contributed by atoms with E-state index in [0.717, 1.165) is 13.1 Å². The highest BCUT2D eigenvalue weighted by molar-refractivity contribution is 5.87. The number of anilines is 1. The summed E-state index contributed by atoms with van der Waals surface area (Å²) in [5.41, 5.74) is 14.6. The average molecular weight is 304 g/mol. The number of benzene rings is 1. The number of hydrogen-bond acceptors (Lipinski definition) is 4. The van der Waals surface area contributed by atoms with E-state index < -0.39 is 11.9 Å². The molecule has 6 nitrogen and oxygen atoms in total. The molecule has 0 bridgehead atoms. The molecule has 0 aliphatic carbocycles. The van der Waals surface area contributed by atoms with Gasteiger partial charge in [-0.05, 0) is 31.0 Å². The quantitative estimate of drug-likeness (QED) is 0.828. The molecular weight excluding hydrogens is 280 g/mol. The van der Waals surface area contributed by atoms with Gasteiger partial charge < -0.3 is 21.3 Å². The molecule has 6 heteroatoms. The van der Waals surface area contributed by atoms with Gasteiger partial charge in [-0.3, -0.25) is 9.59 Å². The molecular formula is C16H24N4O2. The summed E-state index contributed by atoms with van der Waals surface area (Å²) in [6.45, 7) is 6.96. The summed E-state index contributed by atoms with van der Waals surface area (Å²) in [4.78, 5) is 27.0. The van der Waals surface area contributed by atoms with Crippen LogP contribution in [0, 0.1) is 13.8 Å². The van der Waals surface area contributed by atoms with E-state index in [1.807, 2.05) is 0 Å². The molecule has 1 unspecified atom stereocenters. The first kappa shape index (κ1) is 16.3. The maximum absolute atomic E-state index is 12.2. The topological polar surface area (TPSA) is 92.7 Å². The van der Waals surface area contributed by atoms with Crippen LogP contribution in [-0.4, -0.2) is 48.9 Å². The van der Waals surface area contributed by atoms with Crippen LogP contribution < -0.4 is 16.4 Å². The van der Waals surface area contributed by atoms with Crippen LogP contribution in [0.1, 0.15) is 17.5 Å². The van der Waals surface area contributed by atoms with Crippen molar-refractivity contribution in [1.82, 2.24) is 4.90 Å². The lowest BCUT2D eigenvalue weighted by molar-refractivity contribution is -0.134. The van der Waals surface area contributed by atoms with Crippen molar-refractivity contribution in [3.05, 3.63) is 29.3 Å². The van der Waals surface area contributed by atoms with Gasteiger partial charge in [0.2, 0.25) is 11.8 Å². The minimum absolute atomic E-state index is 0.101. The summed E-state index contributed by atoms with van der Waals surface area (Å²) in [5, 5.41) is 0. The van der Waals surface area contributed by atoms with E-state index in [9.17, 15) is 9.59 Å². The largest absolute Gasteiger partial charge is 0.370 e. The molecule has 1 aromatic rings. The van der Waals surface area contributed by atoms with E-state index in [0.29, 0.717) is 13.1 Å². The summed E-state index contributed by atoms with van der Waals surface area (Å²) >= 11 is 0. The van der Waals surface area contributed by atoms with Gasteiger partial charge in [-0.25, -0.2) is 0 Å². The highest BCUT2D eigenvalue weighted by atomic mass is 16.2. The number of primary amides is 1. The number of hydrogen-bond donors (Lipinski definition) is 2. The van der Waals surface area contributed by atoms with E-state index in [1.165, 1.54) is 16.8 Å². The van der Waals surface area contributed by atoms with Gasteiger partial charge >= 0.3 is 0 Å². The zero-order valence-corrected chi connectivity index (χ0v) is 13.2. The average Bonchev–Trinajstić information content (AvgIpc) is 2.49. The van der Waals surface area contributed by atoms with Crippen LogP contribution in [0.5, 0.6) is 0 Å². The molecule has 0 radical (unpaired) electrons. The molecule has 1 aliphatic rings. The van der Waals surface area contributed by atoms with Gasteiger partial charge in [-0.2, -0.15) is 0 Å². The standard InChI is InChI=1S/C16H24N4O2/c1-11-4-3-5-14(12(11)2)19-6-8-20(9-7-19)16(22)13(17)10-15(18)21/h3-5,13H,6-10,17H2,1-2H3,(H2,18,21). The summed E-state index contributed by atoms with van der Waals surface area (Å²) in [6.07, 6.45) is -0.101. The van der Waals surface area contributed by atoms with E-state index in [1.54, 1.807) is 4.90 Å². The molecule has 0 spiro atoms. The van der Waals surface area contributed by atoms with Crippen molar-refractivity contribution in [2.45, 2.75) is 26.3 Å². The fourth-order valence-corrected chi connectivity index (χ4v) is 2.78. The van der Waals surface area contributed by atoms with E-state index in [-0.39, 0.29) is 12.3 Å². The van der Waals surface area contributed by atoms with Gasteiger partial charge in [-0.1, -0.05) is 12.1 Å². The first-order valence-electron chi connectivity index (χ1n) is 7.54. The van der Waals surface area contributed by atoms with E-state index in [4.69, 9.17) is 11.5 Å². The normalized spacial score (nSPS) is 16.5. The number of aryl methyl sites for hydroxylation is 1. The molecule has 1 fully saturated rings. The Morgan fingerprint density at radius 1 is 1.18 bits per heavy atom.